The maximum atomic E-state index is 12.2. The van der Waals surface area contributed by atoms with Crippen LogP contribution < -0.4 is 5.32 Å². The summed E-state index contributed by atoms with van der Waals surface area (Å²) >= 11 is 0. The van der Waals surface area contributed by atoms with Gasteiger partial charge in [-0.1, -0.05) is 12.1 Å². The monoisotopic (exact) mass is 349 g/mol. The summed E-state index contributed by atoms with van der Waals surface area (Å²) in [6.07, 6.45) is 3.58. The van der Waals surface area contributed by atoms with Crippen LogP contribution in [0.4, 0.5) is 4.79 Å². The van der Waals surface area contributed by atoms with E-state index in [2.05, 4.69) is 15.4 Å². The average molecular weight is 349 g/mol. The zero-order chi connectivity index (χ0) is 17.2. The number of rotatable bonds is 4. The summed E-state index contributed by atoms with van der Waals surface area (Å²) in [7, 11) is -1.37. The van der Waals surface area contributed by atoms with E-state index in [0.29, 0.717) is 13.0 Å². The van der Waals surface area contributed by atoms with Crippen LogP contribution in [0.3, 0.4) is 0 Å². The molecule has 0 unspecified atom stereocenters. The fourth-order valence-corrected chi connectivity index (χ4v) is 4.43. The molecule has 0 radical (unpaired) electrons. The Bertz CT molecular complexity index is 802. The number of sulfone groups is 1. The number of nitrogens with one attached hydrogen (secondary N) is 1. The number of aromatic nitrogens is 3. The average Bonchev–Trinajstić information content (AvgIpc) is 3.22. The fourth-order valence-electron chi connectivity index (χ4n) is 2.66. The zero-order valence-electron chi connectivity index (χ0n) is 13.3. The first-order valence-electron chi connectivity index (χ1n) is 7.60. The Hall–Kier alpha value is -2.42. The van der Waals surface area contributed by atoms with Gasteiger partial charge in [-0.2, -0.15) is 5.10 Å². The first-order chi connectivity index (χ1) is 11.4. The number of hydrogen-bond donors (Lipinski definition) is 1. The highest BCUT2D eigenvalue weighted by molar-refractivity contribution is 7.91. The van der Waals surface area contributed by atoms with Crippen molar-refractivity contribution in [2.24, 2.45) is 0 Å². The molecule has 128 valence electrons. The number of hydrogen-bond acceptors (Lipinski definition) is 5. The van der Waals surface area contributed by atoms with Gasteiger partial charge in [0.1, 0.15) is 12.7 Å². The van der Waals surface area contributed by atoms with Crippen molar-refractivity contribution < 1.29 is 13.2 Å². The smallest absolute Gasteiger partial charge is 0.317 e. The Balaban J connectivity index is 1.54. The fraction of sp³-hybridized carbons (Fsp3) is 0.400. The third-order valence-corrected chi connectivity index (χ3v) is 5.89. The van der Waals surface area contributed by atoms with Crippen molar-refractivity contribution in [3.63, 3.8) is 0 Å². The summed E-state index contributed by atoms with van der Waals surface area (Å²) in [6.45, 7) is 0.375. The van der Waals surface area contributed by atoms with Crippen LogP contribution in [0.2, 0.25) is 0 Å². The molecule has 0 spiro atoms. The number of amides is 2. The maximum Gasteiger partial charge on any atom is 0.317 e. The predicted octanol–water partition coefficient (Wildman–Crippen LogP) is 0.596. The molecular formula is C15H19N5O3S. The van der Waals surface area contributed by atoms with Crippen molar-refractivity contribution >= 4 is 15.9 Å². The molecule has 1 saturated heterocycles. The maximum absolute atomic E-state index is 12.2. The van der Waals surface area contributed by atoms with E-state index >= 15 is 0 Å². The van der Waals surface area contributed by atoms with E-state index in [4.69, 9.17) is 0 Å². The molecule has 3 rings (SSSR count). The van der Waals surface area contributed by atoms with Gasteiger partial charge >= 0.3 is 6.03 Å². The lowest BCUT2D eigenvalue weighted by molar-refractivity contribution is 0.194. The van der Waals surface area contributed by atoms with Gasteiger partial charge in [0, 0.05) is 19.6 Å². The second-order valence-electron chi connectivity index (χ2n) is 5.83. The molecule has 9 heteroatoms. The Morgan fingerprint density at radius 2 is 2.12 bits per heavy atom. The molecule has 1 aromatic heterocycles. The van der Waals surface area contributed by atoms with E-state index in [9.17, 15) is 13.2 Å². The zero-order valence-corrected chi connectivity index (χ0v) is 14.1. The lowest BCUT2D eigenvalue weighted by Gasteiger charge is -2.23. The van der Waals surface area contributed by atoms with Gasteiger partial charge in [0.25, 0.3) is 0 Å². The summed E-state index contributed by atoms with van der Waals surface area (Å²) in [5, 5.41) is 6.86. The Kier molecular flexibility index (Phi) is 4.52. The molecular weight excluding hydrogens is 330 g/mol. The van der Waals surface area contributed by atoms with Gasteiger partial charge in [-0.15, -0.1) is 0 Å². The number of urea groups is 1. The van der Waals surface area contributed by atoms with Crippen LogP contribution in [-0.4, -0.2) is 58.7 Å². The summed E-state index contributed by atoms with van der Waals surface area (Å²) in [6, 6.07) is 7.07. The van der Waals surface area contributed by atoms with Crippen LogP contribution in [0.25, 0.3) is 5.69 Å². The molecule has 0 bridgehead atoms. The van der Waals surface area contributed by atoms with Crippen LogP contribution in [0, 0.1) is 0 Å². The van der Waals surface area contributed by atoms with Gasteiger partial charge < -0.3 is 10.2 Å². The van der Waals surface area contributed by atoms with Crippen molar-refractivity contribution in [1.29, 1.82) is 0 Å². The molecule has 2 amide bonds. The number of benzene rings is 1. The van der Waals surface area contributed by atoms with Crippen molar-refractivity contribution in [3.05, 3.63) is 42.5 Å². The van der Waals surface area contributed by atoms with Crippen molar-refractivity contribution in [2.45, 2.75) is 19.0 Å². The molecule has 2 aromatic rings. The van der Waals surface area contributed by atoms with Crippen molar-refractivity contribution in [3.8, 4) is 5.69 Å². The summed E-state index contributed by atoms with van der Waals surface area (Å²) in [5.74, 6) is 0.197. The predicted molar refractivity (Wildman–Crippen MR) is 88.4 cm³/mol. The minimum Gasteiger partial charge on any atom is -0.334 e. The van der Waals surface area contributed by atoms with Crippen LogP contribution in [0.5, 0.6) is 0 Å². The highest BCUT2D eigenvalue weighted by Gasteiger charge is 2.32. The van der Waals surface area contributed by atoms with Gasteiger partial charge in [0.2, 0.25) is 0 Å². The molecule has 8 nitrogen and oxygen atoms in total. The molecule has 1 aliphatic rings. The topological polar surface area (TPSA) is 97.2 Å². The first kappa shape index (κ1) is 16.4. The van der Waals surface area contributed by atoms with E-state index in [1.807, 2.05) is 24.3 Å². The SMILES string of the molecule is CN(C(=O)NCc1ccc(-n2cncn2)cc1)[C@H]1CCS(=O)(=O)C1. The van der Waals surface area contributed by atoms with Gasteiger partial charge in [-0.05, 0) is 24.1 Å². The molecule has 2 heterocycles. The van der Waals surface area contributed by atoms with Crippen LogP contribution in [0.1, 0.15) is 12.0 Å². The second kappa shape index (κ2) is 6.60. The van der Waals surface area contributed by atoms with E-state index < -0.39 is 9.84 Å². The molecule has 0 saturated carbocycles. The minimum absolute atomic E-state index is 0.0452. The lowest BCUT2D eigenvalue weighted by atomic mass is 10.2. The molecule has 1 aromatic carbocycles. The molecule has 24 heavy (non-hydrogen) atoms. The van der Waals surface area contributed by atoms with Crippen LogP contribution in [-0.2, 0) is 16.4 Å². The number of carbonyl (C=O) groups excluding carboxylic acids is 1. The minimum atomic E-state index is -3.00. The summed E-state index contributed by atoms with van der Waals surface area (Å²) < 4.78 is 24.7. The third kappa shape index (κ3) is 3.73. The molecule has 1 fully saturated rings. The Labute approximate surface area is 140 Å². The van der Waals surface area contributed by atoms with Gasteiger partial charge in [-0.3, -0.25) is 0 Å². The quantitative estimate of drug-likeness (QED) is 0.871. The standard InChI is InChI=1S/C15H19N5O3S/c1-19(14-6-7-24(22,23)9-14)15(21)17-8-12-2-4-13(5-3-12)20-11-16-10-18-20/h2-5,10-11,14H,6-9H2,1H3,(H,17,21)/t14-/m0/s1. The van der Waals surface area contributed by atoms with Crippen molar-refractivity contribution in [2.75, 3.05) is 18.6 Å². The third-order valence-electron chi connectivity index (χ3n) is 4.14. The van der Waals surface area contributed by atoms with E-state index in [1.165, 1.54) is 11.2 Å². The Morgan fingerprint density at radius 1 is 1.38 bits per heavy atom. The number of carbonyl (C=O) groups is 1. The van der Waals surface area contributed by atoms with E-state index in [-0.39, 0.29) is 23.6 Å². The first-order valence-corrected chi connectivity index (χ1v) is 9.42. The normalized spacial score (nSPS) is 19.1. The van der Waals surface area contributed by atoms with Crippen LogP contribution in [0.15, 0.2) is 36.9 Å². The van der Waals surface area contributed by atoms with E-state index in [1.54, 1.807) is 18.1 Å². The van der Waals surface area contributed by atoms with Crippen LogP contribution >= 0.6 is 0 Å². The van der Waals surface area contributed by atoms with Crippen molar-refractivity contribution in [1.82, 2.24) is 25.0 Å². The summed E-state index contributed by atoms with van der Waals surface area (Å²) in [4.78, 5) is 17.5. The molecule has 0 aliphatic carbocycles. The summed E-state index contributed by atoms with van der Waals surface area (Å²) in [5.41, 5.74) is 1.83. The van der Waals surface area contributed by atoms with E-state index in [0.717, 1.165) is 11.3 Å². The van der Waals surface area contributed by atoms with Gasteiger partial charge in [0.15, 0.2) is 9.84 Å². The Morgan fingerprint density at radius 3 is 2.71 bits per heavy atom. The highest BCUT2D eigenvalue weighted by Crippen LogP contribution is 2.16. The lowest BCUT2D eigenvalue weighted by Crippen LogP contribution is -2.43. The van der Waals surface area contributed by atoms with Gasteiger partial charge in [0.05, 0.1) is 17.2 Å². The van der Waals surface area contributed by atoms with Gasteiger partial charge in [-0.25, -0.2) is 22.9 Å². The second-order valence-corrected chi connectivity index (χ2v) is 8.06. The molecule has 1 atom stereocenters. The number of nitrogens with zero attached hydrogens (tertiary/aromatic N) is 4. The highest BCUT2D eigenvalue weighted by atomic mass is 32.2. The molecule has 1 aliphatic heterocycles. The largest absolute Gasteiger partial charge is 0.334 e. The molecule has 1 N–H and O–H groups in total.